The minimum absolute atomic E-state index is 0.296. The van der Waals surface area contributed by atoms with E-state index in [1.807, 2.05) is 12.3 Å². The third-order valence-electron chi connectivity index (χ3n) is 3.28. The van der Waals surface area contributed by atoms with Gasteiger partial charge in [-0.15, -0.1) is 0 Å². The van der Waals surface area contributed by atoms with E-state index in [2.05, 4.69) is 38.7 Å². The molecule has 2 aromatic rings. The van der Waals surface area contributed by atoms with E-state index in [0.717, 1.165) is 42.4 Å². The molecule has 0 aliphatic carbocycles. The van der Waals surface area contributed by atoms with Gasteiger partial charge in [0.15, 0.2) is 0 Å². The van der Waals surface area contributed by atoms with E-state index in [1.165, 1.54) is 0 Å². The molecule has 0 spiro atoms. The topological polar surface area (TPSA) is 80.8 Å². The van der Waals surface area contributed by atoms with Crippen LogP contribution in [0.1, 0.15) is 30.9 Å². The molecule has 20 heavy (non-hydrogen) atoms. The molecule has 2 aromatic heterocycles. The molecular weight excluding hydrogens is 252 g/mol. The van der Waals surface area contributed by atoms with Gasteiger partial charge in [0.1, 0.15) is 11.6 Å². The summed E-state index contributed by atoms with van der Waals surface area (Å²) in [6.45, 7) is 5.87. The van der Waals surface area contributed by atoms with Crippen molar-refractivity contribution < 1.29 is 0 Å². The summed E-state index contributed by atoms with van der Waals surface area (Å²) in [7, 11) is 0. The molecule has 0 aromatic carbocycles. The van der Waals surface area contributed by atoms with E-state index >= 15 is 0 Å². The quantitative estimate of drug-likeness (QED) is 0.911. The second-order valence-corrected chi connectivity index (χ2v) is 5.49. The zero-order chi connectivity index (χ0) is 14.1. The lowest BCUT2D eigenvalue weighted by Gasteiger charge is -2.15. The van der Waals surface area contributed by atoms with Crippen LogP contribution in [0.2, 0.25) is 0 Å². The van der Waals surface area contributed by atoms with Crippen LogP contribution >= 0.6 is 0 Å². The predicted molar refractivity (Wildman–Crippen MR) is 76.9 cm³/mol. The zero-order valence-corrected chi connectivity index (χ0v) is 11.7. The summed E-state index contributed by atoms with van der Waals surface area (Å²) < 4.78 is 0. The van der Waals surface area contributed by atoms with Gasteiger partial charge in [-0.25, -0.2) is 15.0 Å². The maximum Gasteiger partial charge on any atom is 0.221 e. The van der Waals surface area contributed by atoms with Gasteiger partial charge in [-0.3, -0.25) is 0 Å². The number of nitrogen functional groups attached to an aromatic ring is 1. The molecule has 0 fully saturated rings. The van der Waals surface area contributed by atoms with E-state index in [-0.39, 0.29) is 0 Å². The molecule has 1 aliphatic heterocycles. The summed E-state index contributed by atoms with van der Waals surface area (Å²) in [4.78, 5) is 19.4. The van der Waals surface area contributed by atoms with Crippen molar-refractivity contribution in [3.05, 3.63) is 35.5 Å². The summed E-state index contributed by atoms with van der Waals surface area (Å²) in [5.41, 5.74) is 7.89. The number of nitrogens with two attached hydrogens (primary N) is 1. The van der Waals surface area contributed by atoms with Crippen LogP contribution in [-0.4, -0.2) is 19.9 Å². The first-order valence-corrected chi connectivity index (χ1v) is 6.79. The monoisotopic (exact) mass is 270 g/mol. The Kier molecular flexibility index (Phi) is 3.22. The molecule has 0 saturated heterocycles. The molecule has 6 heteroatoms. The minimum atomic E-state index is 0.296. The van der Waals surface area contributed by atoms with Crippen molar-refractivity contribution in [3.8, 4) is 0 Å². The van der Waals surface area contributed by atoms with Gasteiger partial charge in [0.2, 0.25) is 5.95 Å². The summed E-state index contributed by atoms with van der Waals surface area (Å²) in [5, 5.41) is 0. The molecule has 0 atom stereocenters. The van der Waals surface area contributed by atoms with Crippen LogP contribution in [0.4, 0.5) is 11.8 Å². The Balaban J connectivity index is 1.81. The van der Waals surface area contributed by atoms with Crippen LogP contribution in [0.25, 0.3) is 0 Å². The van der Waals surface area contributed by atoms with Gasteiger partial charge in [-0.05, 0) is 12.0 Å². The number of nitrogens with zero attached hydrogens (tertiary/aromatic N) is 5. The highest BCUT2D eigenvalue weighted by Gasteiger charge is 2.22. The first-order chi connectivity index (χ1) is 9.61. The number of hydrogen-bond acceptors (Lipinski definition) is 6. The van der Waals surface area contributed by atoms with Gasteiger partial charge in [0.05, 0.1) is 12.2 Å². The highest BCUT2D eigenvalue weighted by molar-refractivity contribution is 5.46. The third kappa shape index (κ3) is 2.54. The average Bonchev–Trinajstić information content (AvgIpc) is 2.81. The molecule has 6 nitrogen and oxygen atoms in total. The van der Waals surface area contributed by atoms with Crippen LogP contribution in [0.15, 0.2) is 18.5 Å². The first-order valence-electron chi connectivity index (χ1n) is 6.79. The van der Waals surface area contributed by atoms with E-state index in [0.29, 0.717) is 11.9 Å². The van der Waals surface area contributed by atoms with Gasteiger partial charge in [-0.1, -0.05) is 13.8 Å². The Hall–Kier alpha value is -2.24. The molecule has 0 radical (unpaired) electrons. The van der Waals surface area contributed by atoms with E-state index in [9.17, 15) is 0 Å². The van der Waals surface area contributed by atoms with Crippen LogP contribution in [0.3, 0.4) is 0 Å². The van der Waals surface area contributed by atoms with E-state index < -0.39 is 0 Å². The Labute approximate surface area is 118 Å². The third-order valence-corrected chi connectivity index (χ3v) is 3.28. The molecule has 0 amide bonds. The lowest BCUT2D eigenvalue weighted by Crippen LogP contribution is -2.16. The molecule has 0 unspecified atom stereocenters. The lowest BCUT2D eigenvalue weighted by atomic mass is 10.1. The van der Waals surface area contributed by atoms with Crippen molar-refractivity contribution in [2.75, 3.05) is 10.6 Å². The second kappa shape index (κ2) is 5.03. The van der Waals surface area contributed by atoms with Crippen LogP contribution in [0.5, 0.6) is 0 Å². The molecule has 1 aliphatic rings. The maximum absolute atomic E-state index is 5.63. The Morgan fingerprint density at radius 1 is 1.25 bits per heavy atom. The summed E-state index contributed by atoms with van der Waals surface area (Å²) >= 11 is 0. The Bertz CT molecular complexity index is 625. The van der Waals surface area contributed by atoms with Crippen LogP contribution < -0.4 is 10.6 Å². The lowest BCUT2D eigenvalue weighted by molar-refractivity contribution is 0.617. The normalized spacial score (nSPS) is 13.8. The maximum atomic E-state index is 5.63. The molecule has 104 valence electrons. The smallest absolute Gasteiger partial charge is 0.221 e. The summed E-state index contributed by atoms with van der Waals surface area (Å²) in [6, 6.07) is 1.87. The minimum Gasteiger partial charge on any atom is -0.368 e. The fourth-order valence-corrected chi connectivity index (χ4v) is 2.36. The van der Waals surface area contributed by atoms with Crippen molar-refractivity contribution in [2.45, 2.75) is 33.4 Å². The average molecular weight is 270 g/mol. The molecule has 2 N–H and O–H groups in total. The fraction of sp³-hybridized carbons (Fsp3) is 0.429. The Morgan fingerprint density at radius 2 is 2.10 bits per heavy atom. The molecule has 3 rings (SSSR count). The SMILES string of the molecule is CC(C)Cc1ncc2c(n1)CN(c1ccnc(N)n1)C2. The second-order valence-electron chi connectivity index (χ2n) is 5.49. The van der Waals surface area contributed by atoms with Gasteiger partial charge in [0.25, 0.3) is 0 Å². The molecule has 0 saturated carbocycles. The number of fused-ring (bicyclic) bond motifs is 1. The van der Waals surface area contributed by atoms with Crippen molar-refractivity contribution in [1.29, 1.82) is 0 Å². The van der Waals surface area contributed by atoms with E-state index in [1.54, 1.807) is 6.20 Å². The van der Waals surface area contributed by atoms with Crippen molar-refractivity contribution >= 4 is 11.8 Å². The molecule has 0 bridgehead atoms. The van der Waals surface area contributed by atoms with Gasteiger partial charge in [0, 0.05) is 30.9 Å². The number of rotatable bonds is 3. The highest BCUT2D eigenvalue weighted by Crippen LogP contribution is 2.25. The largest absolute Gasteiger partial charge is 0.368 e. The number of hydrogen-bond donors (Lipinski definition) is 1. The zero-order valence-electron chi connectivity index (χ0n) is 11.7. The highest BCUT2D eigenvalue weighted by atomic mass is 15.2. The van der Waals surface area contributed by atoms with Crippen molar-refractivity contribution in [3.63, 3.8) is 0 Å². The van der Waals surface area contributed by atoms with Gasteiger partial charge in [-0.2, -0.15) is 4.98 Å². The fourth-order valence-electron chi connectivity index (χ4n) is 2.36. The standard InChI is InChI=1S/C14H18N6/c1-9(2)5-12-17-6-10-7-20(8-11(10)18-12)13-3-4-16-14(15)19-13/h3-4,6,9H,5,7-8H2,1-2H3,(H2,15,16,19). The van der Waals surface area contributed by atoms with Gasteiger partial charge >= 0.3 is 0 Å². The predicted octanol–water partition coefficient (Wildman–Crippen LogP) is 1.57. The Morgan fingerprint density at radius 3 is 2.85 bits per heavy atom. The van der Waals surface area contributed by atoms with Gasteiger partial charge < -0.3 is 10.6 Å². The summed E-state index contributed by atoms with van der Waals surface area (Å²) in [6.07, 6.45) is 4.52. The summed E-state index contributed by atoms with van der Waals surface area (Å²) in [5.74, 6) is 2.61. The van der Waals surface area contributed by atoms with Crippen LogP contribution in [0, 0.1) is 5.92 Å². The first kappa shape index (κ1) is 12.8. The number of aromatic nitrogens is 4. The van der Waals surface area contributed by atoms with Crippen molar-refractivity contribution in [2.24, 2.45) is 5.92 Å². The molecular formula is C14H18N6. The number of anilines is 2. The van der Waals surface area contributed by atoms with Crippen LogP contribution in [-0.2, 0) is 19.5 Å². The van der Waals surface area contributed by atoms with Crippen molar-refractivity contribution in [1.82, 2.24) is 19.9 Å². The van der Waals surface area contributed by atoms with E-state index in [4.69, 9.17) is 5.73 Å². The molecule has 3 heterocycles.